The van der Waals surface area contributed by atoms with Gasteiger partial charge in [0.25, 0.3) is 0 Å². The Morgan fingerprint density at radius 2 is 1.89 bits per heavy atom. The highest BCUT2D eigenvalue weighted by Crippen LogP contribution is 2.32. The van der Waals surface area contributed by atoms with Gasteiger partial charge in [-0.2, -0.15) is 0 Å². The fourth-order valence-corrected chi connectivity index (χ4v) is 4.55. The van der Waals surface area contributed by atoms with E-state index < -0.39 is 5.82 Å². The summed E-state index contributed by atoms with van der Waals surface area (Å²) in [4.78, 5) is 29.1. The summed E-state index contributed by atoms with van der Waals surface area (Å²) in [7, 11) is 2.08. The van der Waals surface area contributed by atoms with Crippen molar-refractivity contribution in [3.63, 3.8) is 0 Å². The third-order valence-corrected chi connectivity index (χ3v) is 6.68. The summed E-state index contributed by atoms with van der Waals surface area (Å²) in [6.07, 6.45) is 3.40. The van der Waals surface area contributed by atoms with Gasteiger partial charge in [-0.3, -0.25) is 9.69 Å². The third-order valence-electron chi connectivity index (χ3n) is 6.18. The molecule has 11 heteroatoms. The van der Waals surface area contributed by atoms with E-state index in [4.69, 9.17) is 0 Å². The maximum atomic E-state index is 14.5. The average Bonchev–Trinajstić information content (AvgIpc) is 3.32. The van der Waals surface area contributed by atoms with Crippen molar-refractivity contribution < 1.29 is 13.4 Å². The number of carbonyl (C=O) groups excluding carboxylic acids is 1. The van der Waals surface area contributed by atoms with Crippen LogP contribution >= 0.6 is 0 Å². The Kier molecular flexibility index (Phi) is 6.94. The molecular weight excluding hydrogens is 481 g/mol. The Balaban J connectivity index is 1.36. The molecule has 5 rings (SSSR count). The van der Waals surface area contributed by atoms with Gasteiger partial charge in [0.05, 0.1) is 40.8 Å². The summed E-state index contributed by atoms with van der Waals surface area (Å²) in [5.41, 5.74) is 3.04. The summed E-state index contributed by atoms with van der Waals surface area (Å²) in [5.74, 6) is -0.502. The van der Waals surface area contributed by atoms with Crippen molar-refractivity contribution in [2.45, 2.75) is 4.90 Å². The number of benzene rings is 2. The van der Waals surface area contributed by atoms with Crippen LogP contribution in [0.15, 0.2) is 59.8 Å². The van der Waals surface area contributed by atoms with E-state index in [9.17, 15) is 13.4 Å². The number of piperazine rings is 1. The second-order valence-electron chi connectivity index (χ2n) is 8.65. The second-order valence-corrected chi connectivity index (χ2v) is 9.26. The smallest absolute Gasteiger partial charge is 0.238 e. The molecule has 3 N–H and O–H groups in total. The van der Waals surface area contributed by atoms with Crippen molar-refractivity contribution >= 4 is 45.8 Å². The van der Waals surface area contributed by atoms with Crippen LogP contribution in [0.1, 0.15) is 0 Å². The van der Waals surface area contributed by atoms with Gasteiger partial charge in [-0.1, -0.05) is 18.2 Å². The number of nitrogens with zero attached hydrogens (tertiary/aromatic N) is 4. The van der Waals surface area contributed by atoms with Crippen LogP contribution in [-0.2, 0) is 16.5 Å². The number of nitrogens with one attached hydrogen (secondary N) is 3. The number of aromatic amines is 1. The van der Waals surface area contributed by atoms with Gasteiger partial charge in [0.2, 0.25) is 11.9 Å². The van der Waals surface area contributed by atoms with Gasteiger partial charge >= 0.3 is 0 Å². The molecule has 1 saturated heterocycles. The lowest BCUT2D eigenvalue weighted by Gasteiger charge is -2.31. The standard InChI is InChI=1S/C25H25FN7O2S/c1-32-10-12-33(13-11-32)15-22(34)29-20-6-2-4-16-17(14-28-24(16)20)18-8-9-27-25(30-18)31-19-5-3-7-21(36-35)23(19)26/h2-9,14,28H,10-13,15H2,1H3,(H,29,34)(H,27,30,31). The summed E-state index contributed by atoms with van der Waals surface area (Å²) >= 11 is 0.0934. The van der Waals surface area contributed by atoms with Crippen LogP contribution in [0.3, 0.4) is 0 Å². The second kappa shape index (κ2) is 10.4. The molecule has 1 radical (unpaired) electrons. The van der Waals surface area contributed by atoms with E-state index in [1.165, 1.54) is 12.1 Å². The number of carbonyl (C=O) groups is 1. The predicted molar refractivity (Wildman–Crippen MR) is 138 cm³/mol. The minimum Gasteiger partial charge on any atom is -0.359 e. The molecule has 3 heterocycles. The Bertz CT molecular complexity index is 1420. The van der Waals surface area contributed by atoms with Crippen molar-refractivity contribution in [3.05, 3.63) is 60.7 Å². The number of para-hydroxylation sites is 1. The van der Waals surface area contributed by atoms with E-state index in [1.807, 2.05) is 24.4 Å². The Labute approximate surface area is 211 Å². The van der Waals surface area contributed by atoms with E-state index in [1.54, 1.807) is 18.3 Å². The molecule has 1 aliphatic heterocycles. The molecule has 185 valence electrons. The topological polar surface area (TPSA) is 106 Å². The minimum absolute atomic E-state index is 0.00465. The van der Waals surface area contributed by atoms with Gasteiger partial charge in [-0.05, 0) is 31.3 Å². The average molecular weight is 507 g/mol. The number of anilines is 3. The van der Waals surface area contributed by atoms with Crippen LogP contribution in [0, 0.1) is 5.82 Å². The van der Waals surface area contributed by atoms with E-state index in [0.29, 0.717) is 17.9 Å². The molecule has 2 aromatic heterocycles. The third kappa shape index (κ3) is 5.08. The normalized spacial score (nSPS) is 14.6. The Morgan fingerprint density at radius 3 is 2.69 bits per heavy atom. The molecule has 0 unspecified atom stereocenters. The first-order valence-electron chi connectivity index (χ1n) is 11.5. The SMILES string of the molecule is CN1CCN(CC(=O)Nc2cccc3c(-c4ccnc(Nc5cccc([S]=O)c5F)n4)c[nH]c23)CC1. The zero-order valence-corrected chi connectivity index (χ0v) is 20.4. The number of halogens is 1. The summed E-state index contributed by atoms with van der Waals surface area (Å²) < 4.78 is 25.6. The minimum atomic E-state index is -0.643. The number of H-pyrrole nitrogens is 1. The molecule has 0 atom stereocenters. The van der Waals surface area contributed by atoms with Crippen LogP contribution in [0.2, 0.25) is 0 Å². The fourth-order valence-electron chi connectivity index (χ4n) is 4.23. The van der Waals surface area contributed by atoms with Crippen LogP contribution in [0.25, 0.3) is 22.2 Å². The molecule has 4 aromatic rings. The molecule has 1 fully saturated rings. The number of aromatic nitrogens is 3. The zero-order chi connectivity index (χ0) is 25.1. The van der Waals surface area contributed by atoms with E-state index >= 15 is 0 Å². The van der Waals surface area contributed by atoms with Gasteiger partial charge in [-0.15, -0.1) is 0 Å². The number of amides is 1. The number of likely N-dealkylation sites (N-methyl/N-ethyl adjacent to an activating group) is 1. The highest BCUT2D eigenvalue weighted by Gasteiger charge is 2.18. The summed E-state index contributed by atoms with van der Waals surface area (Å²) in [6.45, 7) is 3.99. The lowest BCUT2D eigenvalue weighted by Crippen LogP contribution is -2.47. The molecule has 1 aliphatic rings. The fraction of sp³-hybridized carbons (Fsp3) is 0.240. The highest BCUT2D eigenvalue weighted by atomic mass is 32.1. The van der Waals surface area contributed by atoms with E-state index in [0.717, 1.165) is 42.6 Å². The van der Waals surface area contributed by atoms with Gasteiger partial charge < -0.3 is 20.5 Å². The first-order chi connectivity index (χ1) is 17.5. The molecule has 9 nitrogen and oxygen atoms in total. The number of hydrogen-bond donors (Lipinski definition) is 3. The summed E-state index contributed by atoms with van der Waals surface area (Å²) in [5, 5.41) is 6.76. The maximum Gasteiger partial charge on any atom is 0.238 e. The Morgan fingerprint density at radius 1 is 1.11 bits per heavy atom. The molecule has 0 saturated carbocycles. The van der Waals surface area contributed by atoms with Crippen molar-refractivity contribution in [1.82, 2.24) is 24.8 Å². The number of hydrogen-bond acceptors (Lipinski definition) is 7. The first-order valence-corrected chi connectivity index (χ1v) is 12.3. The van der Waals surface area contributed by atoms with Crippen LogP contribution < -0.4 is 10.6 Å². The predicted octanol–water partition coefficient (Wildman–Crippen LogP) is 3.27. The molecule has 1 amide bonds. The first kappa shape index (κ1) is 23.9. The lowest BCUT2D eigenvalue weighted by molar-refractivity contribution is -0.117. The van der Waals surface area contributed by atoms with Gasteiger partial charge in [0.1, 0.15) is 4.90 Å². The van der Waals surface area contributed by atoms with Gasteiger partial charge in [0, 0.05) is 49.5 Å². The maximum absolute atomic E-state index is 14.5. The molecule has 36 heavy (non-hydrogen) atoms. The van der Waals surface area contributed by atoms with Gasteiger partial charge in [-0.25, -0.2) is 18.6 Å². The van der Waals surface area contributed by atoms with Crippen LogP contribution in [0.4, 0.5) is 21.7 Å². The lowest BCUT2D eigenvalue weighted by atomic mass is 10.1. The molecule has 0 bridgehead atoms. The molecule has 0 spiro atoms. The van der Waals surface area contributed by atoms with Crippen molar-refractivity contribution in [1.29, 1.82) is 0 Å². The number of rotatable bonds is 7. The molecular formula is C25H25FN7O2S. The van der Waals surface area contributed by atoms with Gasteiger partial charge in [0.15, 0.2) is 5.82 Å². The monoisotopic (exact) mass is 506 g/mol. The van der Waals surface area contributed by atoms with E-state index in [2.05, 4.69) is 42.4 Å². The number of fused-ring (bicyclic) bond motifs is 1. The van der Waals surface area contributed by atoms with Crippen LogP contribution in [0.5, 0.6) is 0 Å². The van der Waals surface area contributed by atoms with Crippen molar-refractivity contribution in [2.24, 2.45) is 0 Å². The highest BCUT2D eigenvalue weighted by molar-refractivity contribution is 7.65. The largest absolute Gasteiger partial charge is 0.359 e. The Hall–Kier alpha value is -3.80. The van der Waals surface area contributed by atoms with Crippen LogP contribution in [-0.4, -0.2) is 74.6 Å². The zero-order valence-electron chi connectivity index (χ0n) is 19.6. The van der Waals surface area contributed by atoms with E-state index in [-0.39, 0.29) is 34.1 Å². The van der Waals surface area contributed by atoms with Crippen molar-refractivity contribution in [3.8, 4) is 11.3 Å². The van der Waals surface area contributed by atoms with Crippen molar-refractivity contribution in [2.75, 3.05) is 50.4 Å². The summed E-state index contributed by atoms with van der Waals surface area (Å²) in [6, 6.07) is 12.0. The molecule has 2 aromatic carbocycles. The molecule has 0 aliphatic carbocycles. The quantitative estimate of drug-likeness (QED) is 0.353.